The number of aromatic nitrogens is 2. The van der Waals surface area contributed by atoms with Gasteiger partial charge in [-0.1, -0.05) is 35.0 Å². The summed E-state index contributed by atoms with van der Waals surface area (Å²) in [5.74, 6) is 0.781. The zero-order chi connectivity index (χ0) is 17.2. The molecular formula is C18H13N3O2S2. The van der Waals surface area contributed by atoms with Crippen molar-refractivity contribution in [2.24, 2.45) is 0 Å². The molecule has 4 rings (SSSR count). The predicted octanol–water partition coefficient (Wildman–Crippen LogP) is 5.09. The first-order chi connectivity index (χ1) is 12.2. The molecule has 0 aliphatic heterocycles. The minimum atomic E-state index is -0.145. The fourth-order valence-corrected chi connectivity index (χ4v) is 3.77. The average Bonchev–Trinajstić information content (AvgIpc) is 3.36. The highest BCUT2D eigenvalue weighted by molar-refractivity contribution is 7.14. The van der Waals surface area contributed by atoms with Crippen molar-refractivity contribution in [2.45, 2.75) is 6.92 Å². The van der Waals surface area contributed by atoms with Crippen LogP contribution < -0.4 is 5.32 Å². The molecule has 1 N–H and O–H groups in total. The summed E-state index contributed by atoms with van der Waals surface area (Å²) in [6.45, 7) is 2.02. The van der Waals surface area contributed by atoms with Gasteiger partial charge in [0.25, 0.3) is 11.8 Å². The van der Waals surface area contributed by atoms with Gasteiger partial charge in [-0.15, -0.1) is 22.7 Å². The molecule has 0 spiro atoms. The molecule has 1 aromatic carbocycles. The van der Waals surface area contributed by atoms with Crippen LogP contribution in [0.1, 0.15) is 15.2 Å². The molecule has 0 bridgehead atoms. The molecular weight excluding hydrogens is 354 g/mol. The highest BCUT2D eigenvalue weighted by atomic mass is 32.1. The van der Waals surface area contributed by atoms with Gasteiger partial charge in [-0.3, -0.25) is 4.79 Å². The van der Waals surface area contributed by atoms with Crippen molar-refractivity contribution >= 4 is 34.3 Å². The molecule has 0 unspecified atom stereocenters. The van der Waals surface area contributed by atoms with Crippen LogP contribution in [0.2, 0.25) is 0 Å². The number of hydrogen-bond acceptors (Lipinski definition) is 6. The minimum absolute atomic E-state index is 0.145. The van der Waals surface area contributed by atoms with Gasteiger partial charge in [0.15, 0.2) is 0 Å². The third-order valence-electron chi connectivity index (χ3n) is 3.55. The third kappa shape index (κ3) is 3.24. The minimum Gasteiger partial charge on any atom is -0.333 e. The molecule has 3 aromatic heterocycles. The molecule has 0 saturated carbocycles. The summed E-state index contributed by atoms with van der Waals surface area (Å²) in [7, 11) is 0. The van der Waals surface area contributed by atoms with Crippen LogP contribution in [0, 0.1) is 6.92 Å². The number of nitrogens with one attached hydrogen (secondary N) is 1. The van der Waals surface area contributed by atoms with E-state index in [0.29, 0.717) is 22.3 Å². The number of amides is 1. The van der Waals surface area contributed by atoms with Crippen LogP contribution >= 0.6 is 22.7 Å². The van der Waals surface area contributed by atoms with Gasteiger partial charge in [0.1, 0.15) is 4.88 Å². The maximum atomic E-state index is 12.3. The summed E-state index contributed by atoms with van der Waals surface area (Å²) in [5.41, 5.74) is 2.70. The quantitative estimate of drug-likeness (QED) is 0.546. The van der Waals surface area contributed by atoms with Crippen molar-refractivity contribution in [1.29, 1.82) is 0 Å². The summed E-state index contributed by atoms with van der Waals surface area (Å²) in [6, 6.07) is 13.4. The Balaban J connectivity index is 1.61. The Morgan fingerprint density at radius 2 is 2.04 bits per heavy atom. The van der Waals surface area contributed by atoms with Crippen molar-refractivity contribution in [1.82, 2.24) is 10.1 Å². The SMILES string of the molecule is Cc1cccc(-c2noc(-c3sccc3NC(=O)c3cccs3)n2)c1. The Bertz CT molecular complexity index is 1020. The van der Waals surface area contributed by atoms with E-state index >= 15 is 0 Å². The van der Waals surface area contributed by atoms with E-state index in [2.05, 4.69) is 15.5 Å². The zero-order valence-corrected chi connectivity index (χ0v) is 14.9. The monoisotopic (exact) mass is 367 g/mol. The number of nitrogens with zero attached hydrogens (tertiary/aromatic N) is 2. The van der Waals surface area contributed by atoms with Crippen molar-refractivity contribution in [3.05, 3.63) is 63.7 Å². The van der Waals surface area contributed by atoms with Crippen LogP contribution in [0.5, 0.6) is 0 Å². The van der Waals surface area contributed by atoms with Crippen LogP contribution in [0.15, 0.2) is 57.7 Å². The maximum Gasteiger partial charge on any atom is 0.270 e. The molecule has 0 aliphatic carbocycles. The molecule has 0 fully saturated rings. The molecule has 7 heteroatoms. The summed E-state index contributed by atoms with van der Waals surface area (Å²) >= 11 is 2.84. The first-order valence-electron chi connectivity index (χ1n) is 7.54. The number of carbonyl (C=O) groups excluding carboxylic acids is 1. The lowest BCUT2D eigenvalue weighted by Gasteiger charge is -2.02. The first-order valence-corrected chi connectivity index (χ1v) is 9.30. The number of aryl methyl sites for hydroxylation is 1. The molecule has 1 amide bonds. The first kappa shape index (κ1) is 15.7. The lowest BCUT2D eigenvalue weighted by atomic mass is 10.1. The van der Waals surface area contributed by atoms with Crippen LogP contribution in [-0.2, 0) is 0 Å². The second-order valence-corrected chi connectivity index (χ2v) is 7.25. The molecule has 0 atom stereocenters. The van der Waals surface area contributed by atoms with E-state index in [1.807, 2.05) is 54.1 Å². The van der Waals surface area contributed by atoms with Gasteiger partial charge in [0.2, 0.25) is 5.82 Å². The molecule has 3 heterocycles. The fraction of sp³-hybridized carbons (Fsp3) is 0.0556. The Labute approximate surface area is 152 Å². The topological polar surface area (TPSA) is 68.0 Å². The van der Waals surface area contributed by atoms with E-state index in [-0.39, 0.29) is 5.91 Å². The maximum absolute atomic E-state index is 12.3. The smallest absolute Gasteiger partial charge is 0.270 e. The van der Waals surface area contributed by atoms with Crippen molar-refractivity contribution in [2.75, 3.05) is 5.32 Å². The van der Waals surface area contributed by atoms with Gasteiger partial charge < -0.3 is 9.84 Å². The van der Waals surface area contributed by atoms with E-state index in [9.17, 15) is 4.79 Å². The number of hydrogen-bond donors (Lipinski definition) is 1. The second kappa shape index (κ2) is 6.62. The number of rotatable bonds is 4. The standard InChI is InChI=1S/C18H13N3O2S2/c1-11-4-2-5-12(10-11)16-20-18(23-21-16)15-13(7-9-25-15)19-17(22)14-6-3-8-24-14/h2-10H,1H3,(H,19,22). The predicted molar refractivity (Wildman–Crippen MR) is 100 cm³/mol. The summed E-state index contributed by atoms with van der Waals surface area (Å²) < 4.78 is 5.42. The van der Waals surface area contributed by atoms with Gasteiger partial charge >= 0.3 is 0 Å². The molecule has 4 aromatic rings. The van der Waals surface area contributed by atoms with Crippen molar-refractivity contribution in [3.63, 3.8) is 0 Å². The molecule has 0 radical (unpaired) electrons. The second-order valence-electron chi connectivity index (χ2n) is 5.39. The van der Waals surface area contributed by atoms with E-state index in [0.717, 1.165) is 16.0 Å². The van der Waals surface area contributed by atoms with Gasteiger partial charge in [-0.25, -0.2) is 0 Å². The van der Waals surface area contributed by atoms with Crippen molar-refractivity contribution in [3.8, 4) is 22.2 Å². The Morgan fingerprint density at radius 3 is 2.84 bits per heavy atom. The molecule has 25 heavy (non-hydrogen) atoms. The normalized spacial score (nSPS) is 10.8. The summed E-state index contributed by atoms with van der Waals surface area (Å²) in [6.07, 6.45) is 0. The van der Waals surface area contributed by atoms with E-state index in [1.165, 1.54) is 22.7 Å². The highest BCUT2D eigenvalue weighted by Crippen LogP contribution is 2.34. The molecule has 0 aliphatic rings. The summed E-state index contributed by atoms with van der Waals surface area (Å²) in [4.78, 5) is 18.1. The van der Waals surface area contributed by atoms with Gasteiger partial charge in [-0.2, -0.15) is 4.98 Å². The zero-order valence-electron chi connectivity index (χ0n) is 13.2. The van der Waals surface area contributed by atoms with Crippen LogP contribution in [0.3, 0.4) is 0 Å². The lowest BCUT2D eigenvalue weighted by molar-refractivity contribution is 0.103. The van der Waals surface area contributed by atoms with Crippen LogP contribution in [-0.4, -0.2) is 16.0 Å². The van der Waals surface area contributed by atoms with E-state index in [1.54, 1.807) is 6.07 Å². The largest absolute Gasteiger partial charge is 0.333 e. The Morgan fingerprint density at radius 1 is 1.12 bits per heavy atom. The summed E-state index contributed by atoms with van der Waals surface area (Å²) in [5, 5.41) is 10.7. The van der Waals surface area contributed by atoms with E-state index < -0.39 is 0 Å². The van der Waals surface area contributed by atoms with Crippen LogP contribution in [0.4, 0.5) is 5.69 Å². The van der Waals surface area contributed by atoms with Crippen molar-refractivity contribution < 1.29 is 9.32 Å². The number of carbonyl (C=O) groups is 1. The average molecular weight is 367 g/mol. The van der Waals surface area contributed by atoms with Gasteiger partial charge in [0, 0.05) is 5.56 Å². The van der Waals surface area contributed by atoms with E-state index in [4.69, 9.17) is 4.52 Å². The number of anilines is 1. The molecule has 0 saturated heterocycles. The highest BCUT2D eigenvalue weighted by Gasteiger charge is 2.18. The third-order valence-corrected chi connectivity index (χ3v) is 5.33. The lowest BCUT2D eigenvalue weighted by Crippen LogP contribution is -2.09. The molecule has 5 nitrogen and oxygen atoms in total. The Kier molecular flexibility index (Phi) is 4.17. The number of benzene rings is 1. The van der Waals surface area contributed by atoms with Gasteiger partial charge in [0.05, 0.1) is 10.6 Å². The van der Waals surface area contributed by atoms with Gasteiger partial charge in [-0.05, 0) is 35.9 Å². The fourth-order valence-electron chi connectivity index (χ4n) is 2.38. The number of thiophene rings is 2. The van der Waals surface area contributed by atoms with Crippen LogP contribution in [0.25, 0.3) is 22.2 Å². The Hall–Kier alpha value is -2.77. The molecule has 124 valence electrons.